The number of carbonyl (C=O) groups excluding carboxylic acids is 1. The Kier molecular flexibility index (Phi) is 3.75. The zero-order valence-electron chi connectivity index (χ0n) is 10.8. The van der Waals surface area contributed by atoms with E-state index >= 15 is 0 Å². The molecule has 0 saturated carbocycles. The zero-order chi connectivity index (χ0) is 13.8. The smallest absolute Gasteiger partial charge is 0.296 e. The molecule has 0 amide bonds. The fraction of sp³-hybridized carbons (Fsp3) is 0.214. The summed E-state index contributed by atoms with van der Waals surface area (Å²) in [5.41, 5.74) is 1.11. The van der Waals surface area contributed by atoms with E-state index in [9.17, 15) is 9.59 Å². The molecule has 5 nitrogen and oxygen atoms in total. The number of hydrogen-bond donors (Lipinski definition) is 1. The normalized spacial score (nSPS) is 10.2. The number of ether oxygens (including phenoxy) is 1. The molecule has 1 heterocycles. The molecule has 1 aromatic heterocycles. The Labute approximate surface area is 110 Å². The highest BCUT2D eigenvalue weighted by Gasteiger charge is 2.14. The molecule has 98 valence electrons. The fourth-order valence-corrected chi connectivity index (χ4v) is 1.69. The van der Waals surface area contributed by atoms with Crippen molar-refractivity contribution in [3.05, 3.63) is 57.5 Å². The van der Waals surface area contributed by atoms with Crippen molar-refractivity contribution >= 4 is 5.78 Å². The Balaban J connectivity index is 2.35. The number of methoxy groups -OCH3 is 1. The van der Waals surface area contributed by atoms with Gasteiger partial charge in [0.2, 0.25) is 0 Å². The van der Waals surface area contributed by atoms with Crippen molar-refractivity contribution < 1.29 is 9.53 Å². The molecule has 1 N–H and O–H groups in total. The zero-order valence-corrected chi connectivity index (χ0v) is 10.8. The number of aromatic nitrogens is 2. The quantitative estimate of drug-likeness (QED) is 0.845. The largest absolute Gasteiger partial charge is 0.468 e. The summed E-state index contributed by atoms with van der Waals surface area (Å²) in [4.78, 5) is 30.1. The van der Waals surface area contributed by atoms with Gasteiger partial charge in [-0.15, -0.1) is 0 Å². The van der Waals surface area contributed by atoms with Crippen LogP contribution in [0.5, 0.6) is 6.01 Å². The maximum absolute atomic E-state index is 12.2. The van der Waals surface area contributed by atoms with Gasteiger partial charge in [-0.2, -0.15) is 0 Å². The van der Waals surface area contributed by atoms with Gasteiger partial charge in [-0.05, 0) is 12.0 Å². The third-order valence-corrected chi connectivity index (χ3v) is 2.84. The molecule has 0 unspecified atom stereocenters. The highest BCUT2D eigenvalue weighted by atomic mass is 16.5. The minimum Gasteiger partial charge on any atom is -0.468 e. The Bertz CT molecular complexity index is 644. The topological polar surface area (TPSA) is 72.0 Å². The number of ketones is 1. The maximum atomic E-state index is 12.2. The summed E-state index contributed by atoms with van der Waals surface area (Å²) in [7, 11) is 1.39. The Morgan fingerprint density at radius 3 is 2.53 bits per heavy atom. The summed E-state index contributed by atoms with van der Waals surface area (Å²) in [5, 5.41) is 0. The lowest BCUT2D eigenvalue weighted by Crippen LogP contribution is -2.19. The van der Waals surface area contributed by atoms with Crippen LogP contribution in [0.25, 0.3) is 0 Å². The van der Waals surface area contributed by atoms with E-state index in [1.807, 2.05) is 19.1 Å². The number of benzene rings is 1. The maximum Gasteiger partial charge on any atom is 0.296 e. The number of nitrogens with one attached hydrogen (secondary N) is 1. The number of H-pyrrole nitrogens is 1. The van der Waals surface area contributed by atoms with Gasteiger partial charge < -0.3 is 4.74 Å². The Hall–Kier alpha value is -2.43. The summed E-state index contributed by atoms with van der Waals surface area (Å²) in [6.45, 7) is 2.04. The van der Waals surface area contributed by atoms with Crippen LogP contribution in [0.2, 0.25) is 0 Å². The van der Waals surface area contributed by atoms with Crippen LogP contribution in [0.3, 0.4) is 0 Å². The fourth-order valence-electron chi connectivity index (χ4n) is 1.69. The molecule has 0 aliphatic heterocycles. The lowest BCUT2D eigenvalue weighted by molar-refractivity contribution is 0.103. The molecule has 0 fully saturated rings. The molecule has 0 saturated heterocycles. The molecule has 5 heteroatoms. The van der Waals surface area contributed by atoms with Crippen molar-refractivity contribution in [3.8, 4) is 6.01 Å². The molecule has 0 atom stereocenters. The van der Waals surface area contributed by atoms with Gasteiger partial charge in [0.1, 0.15) is 5.56 Å². The summed E-state index contributed by atoms with van der Waals surface area (Å²) in [5.74, 6) is -0.348. The van der Waals surface area contributed by atoms with Crippen LogP contribution in [0, 0.1) is 0 Å². The molecule has 0 spiro atoms. The number of rotatable bonds is 4. The lowest BCUT2D eigenvalue weighted by Gasteiger charge is -2.03. The van der Waals surface area contributed by atoms with Gasteiger partial charge in [-0.3, -0.25) is 14.6 Å². The molecule has 2 aromatic rings. The van der Waals surface area contributed by atoms with Gasteiger partial charge in [-0.1, -0.05) is 31.2 Å². The molecule has 1 aromatic carbocycles. The molecular weight excluding hydrogens is 244 g/mol. The second kappa shape index (κ2) is 5.48. The SMILES string of the molecule is CCc1ccc(C(=O)c2cnc(OC)[nH]c2=O)cc1. The molecule has 19 heavy (non-hydrogen) atoms. The Morgan fingerprint density at radius 2 is 2.00 bits per heavy atom. The monoisotopic (exact) mass is 258 g/mol. The summed E-state index contributed by atoms with van der Waals surface area (Å²) in [6.07, 6.45) is 2.13. The van der Waals surface area contributed by atoms with E-state index in [0.29, 0.717) is 5.56 Å². The average molecular weight is 258 g/mol. The van der Waals surface area contributed by atoms with E-state index in [0.717, 1.165) is 12.0 Å². The first kappa shape index (κ1) is 13.0. The molecule has 2 rings (SSSR count). The van der Waals surface area contributed by atoms with Crippen LogP contribution in [-0.4, -0.2) is 22.9 Å². The Morgan fingerprint density at radius 1 is 1.32 bits per heavy atom. The number of carbonyl (C=O) groups is 1. The molecule has 0 bridgehead atoms. The standard InChI is InChI=1S/C14H14N2O3/c1-3-9-4-6-10(7-5-9)12(17)11-8-15-14(19-2)16-13(11)18/h4-8H,3H2,1-2H3,(H,15,16,18). The predicted molar refractivity (Wildman–Crippen MR) is 70.7 cm³/mol. The molecule has 0 aliphatic rings. The van der Waals surface area contributed by atoms with E-state index in [-0.39, 0.29) is 17.4 Å². The van der Waals surface area contributed by atoms with Crippen molar-refractivity contribution in [2.75, 3.05) is 7.11 Å². The van der Waals surface area contributed by atoms with E-state index in [4.69, 9.17) is 4.74 Å². The van der Waals surface area contributed by atoms with E-state index in [2.05, 4.69) is 9.97 Å². The van der Waals surface area contributed by atoms with Crippen LogP contribution in [-0.2, 0) is 6.42 Å². The number of hydrogen-bond acceptors (Lipinski definition) is 4. The molecule has 0 aliphatic carbocycles. The highest BCUT2D eigenvalue weighted by molar-refractivity contribution is 6.08. The van der Waals surface area contributed by atoms with Crippen LogP contribution >= 0.6 is 0 Å². The highest BCUT2D eigenvalue weighted by Crippen LogP contribution is 2.09. The van der Waals surface area contributed by atoms with Crippen molar-refractivity contribution in [2.45, 2.75) is 13.3 Å². The first-order chi connectivity index (χ1) is 9.15. The number of nitrogens with zero attached hydrogens (tertiary/aromatic N) is 1. The van der Waals surface area contributed by atoms with Gasteiger partial charge in [0.05, 0.1) is 7.11 Å². The van der Waals surface area contributed by atoms with Crippen molar-refractivity contribution in [3.63, 3.8) is 0 Å². The third kappa shape index (κ3) is 2.70. The van der Waals surface area contributed by atoms with E-state index < -0.39 is 5.56 Å². The van der Waals surface area contributed by atoms with Gasteiger partial charge in [0.25, 0.3) is 11.6 Å². The van der Waals surface area contributed by atoms with Gasteiger partial charge >= 0.3 is 0 Å². The van der Waals surface area contributed by atoms with Crippen molar-refractivity contribution in [1.29, 1.82) is 0 Å². The van der Waals surface area contributed by atoms with Gasteiger partial charge in [0.15, 0.2) is 5.78 Å². The van der Waals surface area contributed by atoms with Crippen LogP contribution in [0.4, 0.5) is 0 Å². The molecular formula is C14H14N2O3. The van der Waals surface area contributed by atoms with Gasteiger partial charge in [0, 0.05) is 11.8 Å². The van der Waals surface area contributed by atoms with Gasteiger partial charge in [-0.25, -0.2) is 4.98 Å². The van der Waals surface area contributed by atoms with E-state index in [1.54, 1.807) is 12.1 Å². The second-order valence-electron chi connectivity index (χ2n) is 4.01. The van der Waals surface area contributed by atoms with E-state index in [1.165, 1.54) is 13.3 Å². The summed E-state index contributed by atoms with van der Waals surface area (Å²) >= 11 is 0. The minimum absolute atomic E-state index is 0.00467. The first-order valence-corrected chi connectivity index (χ1v) is 5.92. The number of aromatic amines is 1. The molecule has 0 radical (unpaired) electrons. The summed E-state index contributed by atoms with van der Waals surface area (Å²) in [6, 6.07) is 7.26. The third-order valence-electron chi connectivity index (χ3n) is 2.84. The summed E-state index contributed by atoms with van der Waals surface area (Å²) < 4.78 is 4.79. The number of aryl methyl sites for hydroxylation is 1. The second-order valence-corrected chi connectivity index (χ2v) is 4.01. The van der Waals surface area contributed by atoms with Crippen molar-refractivity contribution in [1.82, 2.24) is 9.97 Å². The minimum atomic E-state index is -0.503. The first-order valence-electron chi connectivity index (χ1n) is 5.92. The van der Waals surface area contributed by atoms with Crippen molar-refractivity contribution in [2.24, 2.45) is 0 Å². The average Bonchev–Trinajstić information content (AvgIpc) is 2.46. The van der Waals surface area contributed by atoms with Crippen LogP contribution < -0.4 is 10.3 Å². The lowest BCUT2D eigenvalue weighted by atomic mass is 10.0. The van der Waals surface area contributed by atoms with Crippen LogP contribution in [0.1, 0.15) is 28.4 Å². The van der Waals surface area contributed by atoms with Crippen LogP contribution in [0.15, 0.2) is 35.3 Å². The predicted octanol–water partition coefficient (Wildman–Crippen LogP) is 1.57.